The Morgan fingerprint density at radius 1 is 0.0435 bits per heavy atom. The highest BCUT2D eigenvalue weighted by Gasteiger charge is 0.976. The molecule has 0 radical (unpaired) electrons. The monoisotopic (exact) mass is 691 g/mol. The third kappa shape index (κ3) is 0. The zero-order valence-corrected chi connectivity index (χ0v) is 46.0. The fourth-order valence-corrected chi connectivity index (χ4v) is 0. The molecule has 0 heteroatoms. The van der Waals surface area contributed by atoms with E-state index >= 15 is 0 Å². The molecular formula is C46H138. The van der Waals surface area contributed by atoms with E-state index in [0.29, 0.717) is 0 Å². The average Bonchev–Trinajstić information content (AvgIpc) is 3.31. The number of hydrogen-bond donors (Lipinski definition) is 0. The predicted molar refractivity (Wildman–Crippen MR) is 261 cm³/mol. The molecule has 0 rings (SSSR count). The predicted octanol–water partition coefficient (Wildman–Crippen LogP) is 23.6. The molecule has 0 unspecified atom stereocenters. The third-order valence-corrected chi connectivity index (χ3v) is 0. The highest BCUT2D eigenvalue weighted by molar-refractivity contribution is 3.55. The molecular weight excluding hydrogens is 553 g/mol. The van der Waals surface area contributed by atoms with Crippen molar-refractivity contribution in [2.24, 2.45) is 0 Å². The van der Waals surface area contributed by atoms with Gasteiger partial charge in [0.15, 0.2) is 0 Å². The highest BCUT2D eigenvalue weighted by atomic mass is 13.1. The zero-order valence-electron chi connectivity index (χ0n) is 46.0. The van der Waals surface area contributed by atoms with Crippen molar-refractivity contribution in [2.45, 2.75) is 318 Å². The molecule has 46 heavy (non-hydrogen) atoms. The second kappa shape index (κ2) is 0. The summed E-state index contributed by atoms with van der Waals surface area (Å²) in [5, 5.41) is 0. The van der Waals surface area contributed by atoms with Gasteiger partial charge in [-0.05, 0) is 0 Å². The summed E-state index contributed by atoms with van der Waals surface area (Å²) in [7, 11) is 0. The molecule has 0 aromatic heterocycles. The minimum absolute atomic E-state index is 2.00. The summed E-state index contributed by atoms with van der Waals surface area (Å²) in [6.45, 7) is 92.0. The van der Waals surface area contributed by atoms with Gasteiger partial charge in [0, 0.05) is 0 Å². The summed E-state index contributed by atoms with van der Waals surface area (Å²) in [4.78, 5) is 0. The minimum atomic E-state index is 2.00. The molecule has 0 saturated carbocycles. The first-order valence-corrected chi connectivity index (χ1v) is 23.0. The van der Waals surface area contributed by atoms with Crippen LogP contribution in [0.5, 0.6) is 0 Å². The molecule has 0 aliphatic heterocycles. The van der Waals surface area contributed by atoms with Crippen LogP contribution in [-0.2, 0) is 0 Å². The van der Waals surface area contributed by atoms with E-state index in [4.69, 9.17) is 0 Å². The van der Waals surface area contributed by atoms with Gasteiger partial charge in [0.2, 0.25) is 0 Å². The molecule has 0 aromatic rings. The second-order valence-electron chi connectivity index (χ2n) is 0. The molecule has 0 nitrogen and oxygen atoms in total. The maximum Gasteiger partial charge on any atom is -0.0683 e. The van der Waals surface area contributed by atoms with Crippen molar-refractivity contribution >= 4 is 0 Å². The normalized spacial score (nSPS) is 3.00. The van der Waals surface area contributed by atoms with E-state index in [9.17, 15) is 0 Å². The summed E-state index contributed by atoms with van der Waals surface area (Å²) in [6, 6.07) is 0. The van der Waals surface area contributed by atoms with E-state index in [2.05, 4.69) is 0 Å². The van der Waals surface area contributed by atoms with Gasteiger partial charge in [0.1, 0.15) is 0 Å². The maximum absolute atomic E-state index is 2.00. The van der Waals surface area contributed by atoms with E-state index in [1.54, 1.807) is 0 Å². The van der Waals surface area contributed by atoms with Gasteiger partial charge in [-0.15, -0.1) is 0 Å². The van der Waals surface area contributed by atoms with Crippen LogP contribution in [-0.4, -0.2) is 0 Å². The number of rotatable bonds is 0. The molecule has 0 bridgehead atoms. The highest BCUT2D eigenvalue weighted by Crippen LogP contribution is 1.19. The number of hydrogen-bond acceptors (Lipinski definition) is 0. The minimum Gasteiger partial charge on any atom is -0.0683 e. The van der Waals surface area contributed by atoms with Crippen LogP contribution in [0.25, 0.3) is 0 Å². The Balaban J connectivity index is -0.00000000573. The van der Waals surface area contributed by atoms with E-state index in [-0.39, 0.29) is 0 Å². The van der Waals surface area contributed by atoms with E-state index in [1.807, 2.05) is 318 Å². The summed E-state index contributed by atoms with van der Waals surface area (Å²) >= 11 is 0. The lowest BCUT2D eigenvalue weighted by molar-refractivity contribution is 1.50. The molecule has 0 aliphatic rings. The van der Waals surface area contributed by atoms with Crippen molar-refractivity contribution in [2.75, 3.05) is 0 Å². The maximum atomic E-state index is 2.00. The van der Waals surface area contributed by atoms with E-state index < -0.39 is 0 Å². The molecule has 0 aliphatic carbocycles. The fraction of sp³-hybridized carbons (Fsp3) is 1.00. The quantitative estimate of drug-likeness (QED) is 0.237. The molecule has 322 valence electrons. The van der Waals surface area contributed by atoms with Gasteiger partial charge in [-0.2, -0.15) is 0 Å². The Hall–Kier alpha value is 0. The van der Waals surface area contributed by atoms with Crippen LogP contribution in [0.15, 0.2) is 0 Å². The fourth-order valence-electron chi connectivity index (χ4n) is 0. The van der Waals surface area contributed by atoms with Crippen LogP contribution in [0.1, 0.15) is 318 Å². The van der Waals surface area contributed by atoms with Crippen LogP contribution in [0, 0.1) is 0 Å². The first-order chi connectivity index (χ1) is 23.0. The average molecular weight is 692 g/mol. The molecule has 0 N–H and O–H groups in total. The standard InChI is InChI=1S/23C2H6/c23*1-2/h23*1-2H3. The molecule has 0 saturated heterocycles. The Labute approximate surface area is 317 Å². The first-order valence-electron chi connectivity index (χ1n) is 23.0. The first kappa shape index (κ1) is 176. The summed E-state index contributed by atoms with van der Waals surface area (Å²) < 4.78 is 0. The summed E-state index contributed by atoms with van der Waals surface area (Å²) in [5.74, 6) is 0. The molecule has 0 fully saturated rings. The summed E-state index contributed by atoms with van der Waals surface area (Å²) in [6.07, 6.45) is 0. The molecule has 0 aromatic carbocycles. The lowest BCUT2D eigenvalue weighted by Crippen LogP contribution is -0.856. The SMILES string of the molecule is CC.CC.CC.CC.CC.CC.CC.CC.CC.CC.CC.CC.CC.CC.CC.CC.CC.CC.CC.CC.CC.CC.CC. The van der Waals surface area contributed by atoms with Crippen molar-refractivity contribution in [3.63, 3.8) is 0 Å². The van der Waals surface area contributed by atoms with E-state index in [0.717, 1.165) is 0 Å². The second-order valence-corrected chi connectivity index (χ2v) is 0. The van der Waals surface area contributed by atoms with Gasteiger partial charge in [-0.3, -0.25) is 0 Å². The van der Waals surface area contributed by atoms with Crippen molar-refractivity contribution < 1.29 is 0 Å². The molecule has 0 spiro atoms. The van der Waals surface area contributed by atoms with Gasteiger partial charge < -0.3 is 0 Å². The molecule has 0 heterocycles. The van der Waals surface area contributed by atoms with Gasteiger partial charge in [-0.25, -0.2) is 0 Å². The van der Waals surface area contributed by atoms with Crippen molar-refractivity contribution in [3.8, 4) is 0 Å². The van der Waals surface area contributed by atoms with Gasteiger partial charge >= 0.3 is 0 Å². The topological polar surface area (TPSA) is 0 Å². The van der Waals surface area contributed by atoms with Crippen molar-refractivity contribution in [3.05, 3.63) is 0 Å². The summed E-state index contributed by atoms with van der Waals surface area (Å²) in [5.41, 5.74) is 0. The Kier molecular flexibility index (Phi) is 0. The van der Waals surface area contributed by atoms with Crippen LogP contribution in [0.4, 0.5) is 0 Å². The lowest BCUT2D eigenvalue weighted by Gasteiger charge is -1.07. The Morgan fingerprint density at radius 3 is 0.0435 bits per heavy atom. The lowest BCUT2D eigenvalue weighted by atomic mass is 11.0. The van der Waals surface area contributed by atoms with Crippen molar-refractivity contribution in [1.82, 2.24) is 0 Å². The van der Waals surface area contributed by atoms with Gasteiger partial charge in [0.25, 0.3) is 0 Å². The largest absolute Gasteiger partial charge is 0.0683 e. The Bertz CT molecular complexity index is 0. The Morgan fingerprint density at radius 2 is 0.0435 bits per heavy atom. The van der Waals surface area contributed by atoms with Crippen LogP contribution in [0.2, 0.25) is 0 Å². The third-order valence-electron chi connectivity index (χ3n) is 0. The van der Waals surface area contributed by atoms with Crippen LogP contribution >= 0.6 is 0 Å². The van der Waals surface area contributed by atoms with Crippen LogP contribution < -0.4 is 0 Å². The van der Waals surface area contributed by atoms with Gasteiger partial charge in [-0.1, -0.05) is 318 Å². The van der Waals surface area contributed by atoms with E-state index in [1.165, 1.54) is 0 Å². The zero-order chi connectivity index (χ0) is 46.0. The smallest absolute Gasteiger partial charge is 0.0683 e. The molecule has 0 amide bonds. The van der Waals surface area contributed by atoms with Gasteiger partial charge in [0.05, 0.1) is 0 Å². The van der Waals surface area contributed by atoms with Crippen LogP contribution in [0.3, 0.4) is 0 Å². The van der Waals surface area contributed by atoms with Crippen molar-refractivity contribution in [1.29, 1.82) is 0 Å². The molecule has 0 atom stereocenters.